The second-order valence-electron chi connectivity index (χ2n) is 13.5. The molecule has 4 aliphatic carbocycles. The highest BCUT2D eigenvalue weighted by atomic mass is 28.4. The van der Waals surface area contributed by atoms with Crippen LogP contribution in [0.3, 0.4) is 0 Å². The van der Waals surface area contributed by atoms with E-state index >= 15 is 0 Å². The minimum Gasteiger partial charge on any atom is -0.414 e. The van der Waals surface area contributed by atoms with E-state index < -0.39 is 14.9 Å². The van der Waals surface area contributed by atoms with Gasteiger partial charge in [-0.1, -0.05) is 53.2 Å². The highest BCUT2D eigenvalue weighted by Gasteiger charge is 2.59. The van der Waals surface area contributed by atoms with Gasteiger partial charge in [0.1, 0.15) is 5.83 Å². The first kappa shape index (κ1) is 24.7. The minimum atomic E-state index is -1.76. The van der Waals surface area contributed by atoms with Gasteiger partial charge < -0.3 is 9.53 Å². The van der Waals surface area contributed by atoms with E-state index in [2.05, 4.69) is 60.7 Å². The van der Waals surface area contributed by atoms with E-state index in [1.165, 1.54) is 19.3 Å². The van der Waals surface area contributed by atoms with Crippen LogP contribution in [0.5, 0.6) is 0 Å². The summed E-state index contributed by atoms with van der Waals surface area (Å²) in [6.07, 6.45) is 10.6. The van der Waals surface area contributed by atoms with E-state index in [0.29, 0.717) is 29.8 Å². The molecule has 182 valence electrons. The molecule has 3 fully saturated rings. The number of fused-ring (bicyclic) bond motifs is 5. The Morgan fingerprint density at radius 2 is 1.75 bits per heavy atom. The summed E-state index contributed by atoms with van der Waals surface area (Å²) in [6, 6.07) is 0. The summed E-state index contributed by atoms with van der Waals surface area (Å²) in [5.41, 5.74) is 2.79. The Morgan fingerprint density at radius 3 is 2.38 bits per heavy atom. The fourth-order valence-corrected chi connectivity index (χ4v) is 9.42. The number of rotatable bonds is 3. The number of halogens is 1. The van der Waals surface area contributed by atoms with Crippen LogP contribution in [0.2, 0.25) is 18.1 Å². The maximum Gasteiger partial charge on any atom is 0.192 e. The molecule has 1 unspecified atom stereocenters. The van der Waals surface area contributed by atoms with Crippen LogP contribution >= 0.6 is 0 Å². The molecule has 0 bridgehead atoms. The average molecular weight is 463 g/mol. The molecule has 7 atom stereocenters. The van der Waals surface area contributed by atoms with Gasteiger partial charge in [0.25, 0.3) is 0 Å². The smallest absolute Gasteiger partial charge is 0.192 e. The molecule has 1 N–H and O–H groups in total. The normalized spacial score (nSPS) is 43.8. The predicted octanol–water partition coefficient (Wildman–Crippen LogP) is 7.80. The van der Waals surface area contributed by atoms with Crippen molar-refractivity contribution >= 4 is 8.32 Å². The summed E-state index contributed by atoms with van der Waals surface area (Å²) in [5.74, 6) is 2.16. The lowest BCUT2D eigenvalue weighted by atomic mass is 9.46. The standard InChI is InChI=1S/C28H47FO2Si/c1-18-15-19-16-20(31-32(7,8)26(2,3)4)11-13-27(19,5)23-12-14-28(6)21(24(29)17-30)9-10-22(28)25(18)23/h15,18,20,22-23,25,30H,9-14,16-17H2,1-8H3/t18-,20?,22-,23-,25-,27-,28+/m0/s1. The zero-order valence-corrected chi connectivity index (χ0v) is 22.9. The first-order valence-electron chi connectivity index (χ1n) is 13.1. The van der Waals surface area contributed by atoms with Crippen molar-refractivity contribution in [2.24, 2.45) is 34.5 Å². The molecule has 0 aromatic heterocycles. The molecule has 3 saturated carbocycles. The first-order chi connectivity index (χ1) is 14.7. The third kappa shape index (κ3) is 3.71. The molecule has 0 radical (unpaired) electrons. The zero-order chi connectivity index (χ0) is 23.7. The van der Waals surface area contributed by atoms with E-state index in [-0.39, 0.29) is 21.7 Å². The van der Waals surface area contributed by atoms with Gasteiger partial charge in [0.2, 0.25) is 0 Å². The molecule has 4 aliphatic rings. The van der Waals surface area contributed by atoms with Crippen molar-refractivity contribution in [2.75, 3.05) is 6.61 Å². The van der Waals surface area contributed by atoms with Gasteiger partial charge in [-0.05, 0) is 103 Å². The fourth-order valence-electron chi connectivity index (χ4n) is 8.03. The van der Waals surface area contributed by atoms with Gasteiger partial charge in [0.05, 0.1) is 6.61 Å². The van der Waals surface area contributed by atoms with Crippen LogP contribution in [0.1, 0.15) is 86.5 Å². The Morgan fingerprint density at radius 1 is 1.12 bits per heavy atom. The molecule has 0 amide bonds. The van der Waals surface area contributed by atoms with Crippen molar-refractivity contribution in [3.05, 3.63) is 23.0 Å². The maximum absolute atomic E-state index is 14.6. The Kier molecular flexibility index (Phi) is 6.21. The van der Waals surface area contributed by atoms with E-state index in [1.807, 2.05) is 0 Å². The van der Waals surface area contributed by atoms with Crippen LogP contribution in [-0.4, -0.2) is 26.1 Å². The quantitative estimate of drug-likeness (QED) is 0.342. The van der Waals surface area contributed by atoms with Gasteiger partial charge in [-0.15, -0.1) is 0 Å². The van der Waals surface area contributed by atoms with Crippen molar-refractivity contribution in [1.82, 2.24) is 0 Å². The number of hydrogen-bond donors (Lipinski definition) is 1. The largest absolute Gasteiger partial charge is 0.414 e. The second-order valence-corrected chi connectivity index (χ2v) is 18.3. The molecule has 2 nitrogen and oxygen atoms in total. The lowest BCUT2D eigenvalue weighted by Gasteiger charge is -2.59. The van der Waals surface area contributed by atoms with Gasteiger partial charge in [-0.3, -0.25) is 0 Å². The lowest BCUT2D eigenvalue weighted by Crippen LogP contribution is -2.53. The monoisotopic (exact) mass is 462 g/mol. The van der Waals surface area contributed by atoms with Crippen LogP contribution in [0.25, 0.3) is 0 Å². The Bertz CT molecular complexity index is 809. The molecule has 0 aromatic rings. The van der Waals surface area contributed by atoms with Crippen LogP contribution in [0.15, 0.2) is 23.0 Å². The van der Waals surface area contributed by atoms with Crippen LogP contribution in [-0.2, 0) is 4.43 Å². The summed E-state index contributed by atoms with van der Waals surface area (Å²) in [7, 11) is -1.76. The molecule has 32 heavy (non-hydrogen) atoms. The predicted molar refractivity (Wildman–Crippen MR) is 134 cm³/mol. The Labute approximate surface area is 197 Å². The molecule has 0 aliphatic heterocycles. The van der Waals surface area contributed by atoms with Crippen molar-refractivity contribution in [1.29, 1.82) is 0 Å². The lowest BCUT2D eigenvalue weighted by molar-refractivity contribution is -0.0449. The highest BCUT2D eigenvalue weighted by molar-refractivity contribution is 6.74. The summed E-state index contributed by atoms with van der Waals surface area (Å²) >= 11 is 0. The minimum absolute atomic E-state index is 0.0629. The number of aliphatic hydroxyl groups is 1. The first-order valence-corrected chi connectivity index (χ1v) is 16.0. The molecule has 0 heterocycles. The summed E-state index contributed by atoms with van der Waals surface area (Å²) in [4.78, 5) is 0. The number of hydrogen-bond acceptors (Lipinski definition) is 2. The van der Waals surface area contributed by atoms with Crippen molar-refractivity contribution < 1.29 is 13.9 Å². The van der Waals surface area contributed by atoms with Crippen LogP contribution in [0.4, 0.5) is 4.39 Å². The van der Waals surface area contributed by atoms with E-state index in [9.17, 15) is 9.50 Å². The third-order valence-corrected chi connectivity index (χ3v) is 15.4. The molecule has 4 rings (SSSR count). The Hall–Kier alpha value is -0.453. The topological polar surface area (TPSA) is 29.5 Å². The molecule has 0 saturated heterocycles. The number of allylic oxidation sites excluding steroid dienone is 2. The summed E-state index contributed by atoms with van der Waals surface area (Å²) in [5, 5.41) is 9.73. The van der Waals surface area contributed by atoms with Gasteiger partial charge in [0, 0.05) is 6.10 Å². The van der Waals surface area contributed by atoms with Gasteiger partial charge in [-0.2, -0.15) is 0 Å². The average Bonchev–Trinajstić information content (AvgIpc) is 3.04. The van der Waals surface area contributed by atoms with E-state index in [4.69, 9.17) is 4.43 Å². The van der Waals surface area contributed by atoms with Crippen molar-refractivity contribution in [2.45, 2.75) is 111 Å². The molecular weight excluding hydrogens is 415 g/mol. The third-order valence-electron chi connectivity index (χ3n) is 10.9. The van der Waals surface area contributed by atoms with Crippen LogP contribution in [0, 0.1) is 34.5 Å². The van der Waals surface area contributed by atoms with E-state index in [0.717, 1.165) is 31.3 Å². The van der Waals surface area contributed by atoms with Crippen molar-refractivity contribution in [3.63, 3.8) is 0 Å². The number of aliphatic hydroxyl groups excluding tert-OH is 1. The molecule has 0 spiro atoms. The Balaban J connectivity index is 1.60. The molecule has 4 heteroatoms. The van der Waals surface area contributed by atoms with Gasteiger partial charge in [-0.25, -0.2) is 4.39 Å². The summed E-state index contributed by atoms with van der Waals surface area (Å²) in [6.45, 7) is 18.6. The van der Waals surface area contributed by atoms with Gasteiger partial charge >= 0.3 is 0 Å². The second kappa shape index (κ2) is 8.05. The molecular formula is C28H47FO2Si. The zero-order valence-electron chi connectivity index (χ0n) is 21.9. The maximum atomic E-state index is 14.6. The highest BCUT2D eigenvalue weighted by Crippen LogP contribution is 2.67. The van der Waals surface area contributed by atoms with E-state index in [1.54, 1.807) is 5.57 Å². The SMILES string of the molecule is C[C@H]1C=C2CC(O[Si](C)(C)C(C)(C)C)CC[C@]2(C)[C@H]2CC[C@]3(C)C(=C(F)CO)CC[C@H]3[C@H]12. The van der Waals surface area contributed by atoms with Gasteiger partial charge in [0.15, 0.2) is 8.32 Å². The molecule has 0 aromatic carbocycles. The van der Waals surface area contributed by atoms with Crippen molar-refractivity contribution in [3.8, 4) is 0 Å². The fraction of sp³-hybridized carbons (Fsp3) is 0.857. The summed E-state index contributed by atoms with van der Waals surface area (Å²) < 4.78 is 21.5. The van der Waals surface area contributed by atoms with Crippen LogP contribution < -0.4 is 0 Å².